The molecule has 1 aliphatic heterocycles. The van der Waals surface area contributed by atoms with Gasteiger partial charge in [-0.05, 0) is 24.3 Å². The summed E-state index contributed by atoms with van der Waals surface area (Å²) in [6, 6.07) is 15.3. The smallest absolute Gasteiger partial charge is 0.255 e. The maximum atomic E-state index is 13.1. The van der Waals surface area contributed by atoms with Gasteiger partial charge in [-0.3, -0.25) is 9.59 Å². The van der Waals surface area contributed by atoms with Crippen LogP contribution in [-0.4, -0.2) is 67.6 Å². The first-order valence-electron chi connectivity index (χ1n) is 9.18. The van der Waals surface area contributed by atoms with Gasteiger partial charge in [-0.25, -0.2) is 0 Å². The van der Waals surface area contributed by atoms with Crippen molar-refractivity contribution in [3.8, 4) is 0 Å². The molecule has 0 radical (unpaired) electrons. The average molecular weight is 418 g/mol. The second kappa shape index (κ2) is 9.34. The molecule has 2 amide bonds. The van der Waals surface area contributed by atoms with Gasteiger partial charge in [-0.1, -0.05) is 35.9 Å². The molecule has 5 nitrogen and oxygen atoms in total. The number of anilines is 1. The molecule has 148 valence electrons. The molecular formula is C21H24ClN3O2S. The standard InChI is InChI=1S/C21H24ClN3O2S/c1-23(2)20(26)15-28-19-10-6-3-7-16(19)21(27)25-13-11-24(12-14-25)18-9-5-4-8-17(18)22/h3-10H,11-15H2,1-2H3. The van der Waals surface area contributed by atoms with E-state index in [1.807, 2.05) is 53.4 Å². The third-order valence-corrected chi connectivity index (χ3v) is 6.11. The van der Waals surface area contributed by atoms with Crippen molar-refractivity contribution in [2.45, 2.75) is 4.90 Å². The van der Waals surface area contributed by atoms with E-state index in [-0.39, 0.29) is 11.8 Å². The minimum atomic E-state index is 0.0132. The van der Waals surface area contributed by atoms with Crippen molar-refractivity contribution in [2.24, 2.45) is 0 Å². The Balaban J connectivity index is 1.65. The maximum Gasteiger partial charge on any atom is 0.255 e. The molecule has 1 saturated heterocycles. The van der Waals surface area contributed by atoms with Crippen LogP contribution in [0.5, 0.6) is 0 Å². The third-order valence-electron chi connectivity index (χ3n) is 4.73. The number of para-hydroxylation sites is 1. The van der Waals surface area contributed by atoms with Crippen LogP contribution in [-0.2, 0) is 4.79 Å². The van der Waals surface area contributed by atoms with Crippen molar-refractivity contribution in [3.63, 3.8) is 0 Å². The lowest BCUT2D eigenvalue weighted by Crippen LogP contribution is -2.49. The number of piperazine rings is 1. The highest BCUT2D eigenvalue weighted by Crippen LogP contribution is 2.28. The van der Waals surface area contributed by atoms with Crippen LogP contribution in [0.3, 0.4) is 0 Å². The zero-order chi connectivity index (χ0) is 20.1. The highest BCUT2D eigenvalue weighted by molar-refractivity contribution is 8.00. The zero-order valence-electron chi connectivity index (χ0n) is 16.1. The number of halogens is 1. The predicted molar refractivity (Wildman–Crippen MR) is 115 cm³/mol. The van der Waals surface area contributed by atoms with E-state index in [2.05, 4.69) is 4.90 Å². The van der Waals surface area contributed by atoms with Crippen LogP contribution in [0.15, 0.2) is 53.4 Å². The molecule has 2 aromatic carbocycles. The SMILES string of the molecule is CN(C)C(=O)CSc1ccccc1C(=O)N1CCN(c2ccccc2Cl)CC1. The monoisotopic (exact) mass is 417 g/mol. The fourth-order valence-corrected chi connectivity index (χ4v) is 4.34. The highest BCUT2D eigenvalue weighted by atomic mass is 35.5. The first kappa shape index (κ1) is 20.6. The Labute approximate surface area is 175 Å². The van der Waals surface area contributed by atoms with E-state index in [0.29, 0.717) is 24.4 Å². The lowest BCUT2D eigenvalue weighted by atomic mass is 10.1. The van der Waals surface area contributed by atoms with Crippen molar-refractivity contribution in [3.05, 3.63) is 59.1 Å². The van der Waals surface area contributed by atoms with Gasteiger partial charge in [0, 0.05) is 45.2 Å². The van der Waals surface area contributed by atoms with E-state index in [9.17, 15) is 9.59 Å². The molecule has 0 saturated carbocycles. The lowest BCUT2D eigenvalue weighted by molar-refractivity contribution is -0.125. The summed E-state index contributed by atoms with van der Waals surface area (Å²) in [6.45, 7) is 2.76. The molecular weight excluding hydrogens is 394 g/mol. The van der Waals surface area contributed by atoms with E-state index in [1.165, 1.54) is 11.8 Å². The molecule has 28 heavy (non-hydrogen) atoms. The van der Waals surface area contributed by atoms with Crippen LogP contribution in [0.2, 0.25) is 5.02 Å². The second-order valence-electron chi connectivity index (χ2n) is 6.80. The van der Waals surface area contributed by atoms with E-state index in [1.54, 1.807) is 19.0 Å². The van der Waals surface area contributed by atoms with Gasteiger partial charge in [0.15, 0.2) is 0 Å². The molecule has 1 aliphatic rings. The first-order chi connectivity index (χ1) is 13.5. The number of nitrogens with zero attached hydrogens (tertiary/aromatic N) is 3. The zero-order valence-corrected chi connectivity index (χ0v) is 17.7. The molecule has 0 N–H and O–H groups in total. The number of hydrogen-bond donors (Lipinski definition) is 0. The lowest BCUT2D eigenvalue weighted by Gasteiger charge is -2.36. The van der Waals surface area contributed by atoms with Crippen molar-refractivity contribution < 1.29 is 9.59 Å². The van der Waals surface area contributed by atoms with Gasteiger partial charge in [0.25, 0.3) is 5.91 Å². The average Bonchev–Trinajstić information content (AvgIpc) is 2.72. The fourth-order valence-electron chi connectivity index (χ4n) is 3.07. The molecule has 0 aromatic heterocycles. The number of hydrogen-bond acceptors (Lipinski definition) is 4. The summed E-state index contributed by atoms with van der Waals surface area (Å²) in [7, 11) is 3.47. The number of carbonyl (C=O) groups excluding carboxylic acids is 2. The number of benzene rings is 2. The molecule has 7 heteroatoms. The van der Waals surface area contributed by atoms with Gasteiger partial charge < -0.3 is 14.7 Å². The summed E-state index contributed by atoms with van der Waals surface area (Å²) in [5.74, 6) is 0.359. The molecule has 0 spiro atoms. The Morgan fingerprint density at radius 1 is 1.00 bits per heavy atom. The summed E-state index contributed by atoms with van der Waals surface area (Å²) < 4.78 is 0. The van der Waals surface area contributed by atoms with Crippen LogP contribution in [0.25, 0.3) is 0 Å². The fraction of sp³-hybridized carbons (Fsp3) is 0.333. The summed E-state index contributed by atoms with van der Waals surface area (Å²) in [5.41, 5.74) is 1.67. The Bertz CT molecular complexity index is 851. The minimum Gasteiger partial charge on any atom is -0.367 e. The van der Waals surface area contributed by atoms with Crippen molar-refractivity contribution >= 4 is 40.9 Å². The summed E-state index contributed by atoms with van der Waals surface area (Å²) in [5, 5.41) is 0.731. The highest BCUT2D eigenvalue weighted by Gasteiger charge is 2.25. The largest absolute Gasteiger partial charge is 0.367 e. The molecule has 0 bridgehead atoms. The quantitative estimate of drug-likeness (QED) is 0.698. The Morgan fingerprint density at radius 3 is 2.32 bits per heavy atom. The summed E-state index contributed by atoms with van der Waals surface area (Å²) in [4.78, 5) is 31.5. The first-order valence-corrected chi connectivity index (χ1v) is 10.5. The molecule has 1 heterocycles. The molecule has 0 aliphatic carbocycles. The predicted octanol–water partition coefficient (Wildman–Crippen LogP) is 3.48. The van der Waals surface area contributed by atoms with Crippen molar-refractivity contribution in [1.82, 2.24) is 9.80 Å². The third kappa shape index (κ3) is 4.80. The Kier molecular flexibility index (Phi) is 6.86. The van der Waals surface area contributed by atoms with E-state index in [0.717, 1.165) is 28.7 Å². The normalized spacial score (nSPS) is 14.1. The van der Waals surface area contributed by atoms with Crippen molar-refractivity contribution in [2.75, 3.05) is 50.9 Å². The van der Waals surface area contributed by atoms with Crippen LogP contribution in [0.4, 0.5) is 5.69 Å². The summed E-state index contributed by atoms with van der Waals surface area (Å²) >= 11 is 7.71. The summed E-state index contributed by atoms with van der Waals surface area (Å²) in [6.07, 6.45) is 0. The van der Waals surface area contributed by atoms with Gasteiger partial charge in [-0.15, -0.1) is 11.8 Å². The number of thioether (sulfide) groups is 1. The van der Waals surface area contributed by atoms with Crippen LogP contribution in [0.1, 0.15) is 10.4 Å². The molecule has 0 unspecified atom stereocenters. The van der Waals surface area contributed by atoms with Crippen LogP contribution >= 0.6 is 23.4 Å². The van der Waals surface area contributed by atoms with E-state index in [4.69, 9.17) is 11.6 Å². The molecule has 0 atom stereocenters. The Hall–Kier alpha value is -2.18. The van der Waals surface area contributed by atoms with Gasteiger partial charge in [-0.2, -0.15) is 0 Å². The molecule has 3 rings (SSSR count). The van der Waals surface area contributed by atoms with E-state index < -0.39 is 0 Å². The second-order valence-corrected chi connectivity index (χ2v) is 8.23. The Morgan fingerprint density at radius 2 is 1.64 bits per heavy atom. The van der Waals surface area contributed by atoms with Gasteiger partial charge >= 0.3 is 0 Å². The topological polar surface area (TPSA) is 43.9 Å². The van der Waals surface area contributed by atoms with Gasteiger partial charge in [0.2, 0.25) is 5.91 Å². The molecule has 2 aromatic rings. The number of carbonyl (C=O) groups is 2. The van der Waals surface area contributed by atoms with Crippen LogP contribution < -0.4 is 4.90 Å². The van der Waals surface area contributed by atoms with Gasteiger partial charge in [0.1, 0.15) is 0 Å². The maximum absolute atomic E-state index is 13.1. The van der Waals surface area contributed by atoms with Crippen LogP contribution in [0, 0.1) is 0 Å². The van der Waals surface area contributed by atoms with Gasteiger partial charge in [0.05, 0.1) is 22.0 Å². The van der Waals surface area contributed by atoms with Crippen molar-refractivity contribution in [1.29, 1.82) is 0 Å². The number of amides is 2. The minimum absolute atomic E-state index is 0.0132. The molecule has 1 fully saturated rings. The number of rotatable bonds is 5. The van der Waals surface area contributed by atoms with E-state index >= 15 is 0 Å².